The van der Waals surface area contributed by atoms with E-state index in [-0.39, 0.29) is 5.41 Å². The highest BCUT2D eigenvalue weighted by Gasteiger charge is 2.27. The predicted octanol–water partition coefficient (Wildman–Crippen LogP) is 4.52. The lowest BCUT2D eigenvalue weighted by molar-refractivity contribution is 0.569. The van der Waals surface area contributed by atoms with Crippen LogP contribution < -0.4 is 0 Å². The minimum atomic E-state index is 0.160. The molecule has 1 aliphatic rings. The summed E-state index contributed by atoms with van der Waals surface area (Å²) in [6.07, 6.45) is 2.42. The Labute approximate surface area is 113 Å². The first kappa shape index (κ1) is 11.9. The summed E-state index contributed by atoms with van der Waals surface area (Å²) in [6.45, 7) is 6.69. The second-order valence-electron chi connectivity index (χ2n) is 6.11. The minimum absolute atomic E-state index is 0.160. The maximum absolute atomic E-state index is 4.88. The Hall–Kier alpha value is -1.15. The van der Waals surface area contributed by atoms with E-state index in [9.17, 15) is 0 Å². The van der Waals surface area contributed by atoms with Crippen LogP contribution >= 0.6 is 11.3 Å². The van der Waals surface area contributed by atoms with E-state index in [1.807, 2.05) is 11.3 Å². The van der Waals surface area contributed by atoms with E-state index in [4.69, 9.17) is 4.98 Å². The number of hydrogen-bond acceptors (Lipinski definition) is 2. The zero-order valence-electron chi connectivity index (χ0n) is 11.2. The lowest BCUT2D eigenvalue weighted by Gasteiger charge is -2.15. The number of rotatable bonds is 1. The fourth-order valence-electron chi connectivity index (χ4n) is 2.61. The van der Waals surface area contributed by atoms with Crippen molar-refractivity contribution in [1.29, 1.82) is 0 Å². The summed E-state index contributed by atoms with van der Waals surface area (Å²) < 4.78 is 0. The van der Waals surface area contributed by atoms with E-state index in [1.54, 1.807) is 0 Å². The third-order valence-corrected chi connectivity index (χ3v) is 4.68. The Balaban J connectivity index is 1.96. The van der Waals surface area contributed by atoms with Crippen molar-refractivity contribution in [3.8, 4) is 0 Å². The van der Waals surface area contributed by atoms with Gasteiger partial charge in [0.25, 0.3) is 0 Å². The van der Waals surface area contributed by atoms with Crippen LogP contribution in [0.5, 0.6) is 0 Å². The zero-order chi connectivity index (χ0) is 12.8. The van der Waals surface area contributed by atoms with E-state index in [0.717, 1.165) is 0 Å². The number of thiazole rings is 1. The molecule has 3 rings (SSSR count). The summed E-state index contributed by atoms with van der Waals surface area (Å²) in [4.78, 5) is 4.88. The van der Waals surface area contributed by atoms with Crippen molar-refractivity contribution in [2.75, 3.05) is 0 Å². The van der Waals surface area contributed by atoms with Gasteiger partial charge in [0.15, 0.2) is 0 Å². The van der Waals surface area contributed by atoms with Gasteiger partial charge in [0.1, 0.15) is 5.01 Å². The third kappa shape index (κ3) is 1.99. The Bertz CT molecular complexity index is 562. The number of aromatic nitrogens is 1. The van der Waals surface area contributed by atoms with Crippen molar-refractivity contribution in [1.82, 2.24) is 4.98 Å². The molecular formula is C16H19NS. The first-order chi connectivity index (χ1) is 8.55. The smallest absolute Gasteiger partial charge is 0.100 e. The number of fused-ring (bicyclic) bond motifs is 1. The summed E-state index contributed by atoms with van der Waals surface area (Å²) in [6, 6.07) is 8.82. The molecule has 1 atom stereocenters. The second kappa shape index (κ2) is 4.20. The molecule has 0 saturated heterocycles. The first-order valence-electron chi connectivity index (χ1n) is 6.59. The number of hydrogen-bond donors (Lipinski definition) is 0. The fourth-order valence-corrected chi connectivity index (χ4v) is 3.80. The van der Waals surface area contributed by atoms with Gasteiger partial charge in [-0.3, -0.25) is 0 Å². The largest absolute Gasteiger partial charge is 0.245 e. The molecule has 0 fully saturated rings. The molecule has 1 aromatic heterocycles. The standard InChI is InChI=1S/C16H19NS/c1-16(2,3)14-10-18-15(17-14)13-9-8-11-6-4-5-7-12(11)13/h4-7,10,13H,8-9H2,1-3H3. The molecule has 18 heavy (non-hydrogen) atoms. The molecule has 1 aliphatic carbocycles. The van der Waals surface area contributed by atoms with Crippen molar-refractivity contribution in [2.45, 2.75) is 44.9 Å². The molecule has 94 valence electrons. The minimum Gasteiger partial charge on any atom is -0.245 e. The van der Waals surface area contributed by atoms with Crippen molar-refractivity contribution in [3.05, 3.63) is 51.5 Å². The molecule has 0 aliphatic heterocycles. The van der Waals surface area contributed by atoms with E-state index in [0.29, 0.717) is 5.92 Å². The third-order valence-electron chi connectivity index (χ3n) is 3.72. The Morgan fingerprint density at radius 1 is 1.22 bits per heavy atom. The highest BCUT2D eigenvalue weighted by atomic mass is 32.1. The molecule has 0 spiro atoms. The molecular weight excluding hydrogens is 238 g/mol. The van der Waals surface area contributed by atoms with Gasteiger partial charge >= 0.3 is 0 Å². The average molecular weight is 257 g/mol. The molecule has 2 aromatic rings. The maximum Gasteiger partial charge on any atom is 0.100 e. The van der Waals surface area contributed by atoms with Crippen LogP contribution in [0.1, 0.15) is 54.9 Å². The predicted molar refractivity (Wildman–Crippen MR) is 77.4 cm³/mol. The molecule has 1 aromatic carbocycles. The highest BCUT2D eigenvalue weighted by Crippen LogP contribution is 2.40. The lowest BCUT2D eigenvalue weighted by Crippen LogP contribution is -2.11. The summed E-state index contributed by atoms with van der Waals surface area (Å²) in [5.74, 6) is 0.530. The van der Waals surface area contributed by atoms with E-state index in [1.165, 1.54) is 34.7 Å². The van der Waals surface area contributed by atoms with Crippen LogP contribution in [-0.4, -0.2) is 4.98 Å². The van der Waals surface area contributed by atoms with Gasteiger partial charge in [0.2, 0.25) is 0 Å². The van der Waals surface area contributed by atoms with Gasteiger partial charge in [-0.2, -0.15) is 0 Å². The lowest BCUT2D eigenvalue weighted by atomic mass is 9.93. The van der Waals surface area contributed by atoms with Gasteiger partial charge in [-0.05, 0) is 24.0 Å². The van der Waals surface area contributed by atoms with Gasteiger partial charge in [-0.15, -0.1) is 11.3 Å². The van der Waals surface area contributed by atoms with Crippen LogP contribution in [0.4, 0.5) is 0 Å². The molecule has 2 heteroatoms. The number of benzene rings is 1. The quantitative estimate of drug-likeness (QED) is 0.732. The molecule has 0 saturated carbocycles. The Kier molecular flexibility index (Phi) is 2.78. The van der Waals surface area contributed by atoms with Crippen LogP contribution in [0.2, 0.25) is 0 Å². The fraction of sp³-hybridized carbons (Fsp3) is 0.438. The highest BCUT2D eigenvalue weighted by molar-refractivity contribution is 7.09. The maximum atomic E-state index is 4.88. The average Bonchev–Trinajstić information content (AvgIpc) is 2.94. The molecule has 0 amide bonds. The normalized spacial score (nSPS) is 18.9. The van der Waals surface area contributed by atoms with Crippen LogP contribution in [0, 0.1) is 0 Å². The van der Waals surface area contributed by atoms with Crippen LogP contribution in [-0.2, 0) is 11.8 Å². The summed E-state index contributed by atoms with van der Waals surface area (Å²) in [5.41, 5.74) is 4.39. The van der Waals surface area contributed by atoms with Crippen LogP contribution in [0.15, 0.2) is 29.6 Å². The molecule has 0 N–H and O–H groups in total. The molecule has 1 unspecified atom stereocenters. The Morgan fingerprint density at radius 3 is 2.72 bits per heavy atom. The first-order valence-corrected chi connectivity index (χ1v) is 7.47. The molecule has 1 nitrogen and oxygen atoms in total. The monoisotopic (exact) mass is 257 g/mol. The number of aryl methyl sites for hydroxylation is 1. The summed E-state index contributed by atoms with van der Waals surface area (Å²) in [5, 5.41) is 3.53. The van der Waals surface area contributed by atoms with Gasteiger partial charge in [-0.25, -0.2) is 4.98 Å². The van der Waals surface area contributed by atoms with Crippen molar-refractivity contribution in [2.24, 2.45) is 0 Å². The van der Waals surface area contributed by atoms with Crippen molar-refractivity contribution in [3.63, 3.8) is 0 Å². The summed E-state index contributed by atoms with van der Waals surface area (Å²) in [7, 11) is 0. The van der Waals surface area contributed by atoms with Gasteiger partial charge in [0, 0.05) is 16.7 Å². The zero-order valence-corrected chi connectivity index (χ0v) is 12.1. The molecule has 0 radical (unpaired) electrons. The SMILES string of the molecule is CC(C)(C)c1csc(C2CCc3ccccc32)n1. The van der Waals surface area contributed by atoms with Gasteiger partial charge in [-0.1, -0.05) is 45.0 Å². The topological polar surface area (TPSA) is 12.9 Å². The van der Waals surface area contributed by atoms with E-state index in [2.05, 4.69) is 50.4 Å². The van der Waals surface area contributed by atoms with E-state index >= 15 is 0 Å². The second-order valence-corrected chi connectivity index (χ2v) is 7.00. The van der Waals surface area contributed by atoms with Crippen LogP contribution in [0.3, 0.4) is 0 Å². The number of nitrogens with zero attached hydrogens (tertiary/aromatic N) is 1. The van der Waals surface area contributed by atoms with E-state index < -0.39 is 0 Å². The van der Waals surface area contributed by atoms with Gasteiger partial charge in [0.05, 0.1) is 5.69 Å². The summed E-state index contributed by atoms with van der Waals surface area (Å²) >= 11 is 1.83. The van der Waals surface area contributed by atoms with Crippen molar-refractivity contribution >= 4 is 11.3 Å². The van der Waals surface area contributed by atoms with Crippen molar-refractivity contribution < 1.29 is 0 Å². The van der Waals surface area contributed by atoms with Gasteiger partial charge < -0.3 is 0 Å². The Morgan fingerprint density at radius 2 is 2.00 bits per heavy atom. The molecule has 1 heterocycles. The molecule has 0 bridgehead atoms. The van der Waals surface area contributed by atoms with Crippen LogP contribution in [0.25, 0.3) is 0 Å².